The van der Waals surface area contributed by atoms with E-state index in [4.69, 9.17) is 18.6 Å². The van der Waals surface area contributed by atoms with Gasteiger partial charge < -0.3 is 0 Å². The van der Waals surface area contributed by atoms with Crippen LogP contribution in [0.5, 0.6) is 0 Å². The van der Waals surface area contributed by atoms with Gasteiger partial charge in [0.2, 0.25) is 0 Å². The zero-order valence-electron chi connectivity index (χ0n) is 18.3. The van der Waals surface area contributed by atoms with Crippen LogP contribution in [-0.4, -0.2) is 12.6 Å². The summed E-state index contributed by atoms with van der Waals surface area (Å²) in [6.45, 7) is -0.799. The molecule has 4 aromatic carbocycles. The average Bonchev–Trinajstić information content (AvgIpc) is 3.18. The van der Waals surface area contributed by atoms with E-state index in [2.05, 4.69) is 64.5 Å². The molecule has 0 bridgehead atoms. The minimum absolute atomic E-state index is 0.186. The number of nitrogens with one attached hydrogen (secondary N) is 1. The Balaban J connectivity index is 1.82. The Morgan fingerprint density at radius 1 is 0.758 bits per heavy atom. The van der Waals surface area contributed by atoms with Crippen molar-refractivity contribution < 1.29 is 17.5 Å². The summed E-state index contributed by atoms with van der Waals surface area (Å²) >= 11 is -4.96. The first-order chi connectivity index (χ1) is 15.9. The van der Waals surface area contributed by atoms with Crippen molar-refractivity contribution >= 4 is 45.4 Å². The molecule has 0 spiro atoms. The number of rotatable bonds is 5. The Bertz CT molecular complexity index is 1310. The van der Waals surface area contributed by atoms with E-state index >= 15 is 0 Å². The Morgan fingerprint density at radius 2 is 1.30 bits per heavy atom. The molecule has 0 unspecified atom stereocenters. The Morgan fingerprint density at radius 3 is 1.91 bits per heavy atom. The molecule has 1 aliphatic rings. The Kier molecular flexibility index (Phi) is 5.88. The van der Waals surface area contributed by atoms with Crippen LogP contribution in [0.3, 0.4) is 0 Å². The monoisotopic (exact) mass is 524 g/mol. The summed E-state index contributed by atoms with van der Waals surface area (Å²) in [4.78, 5) is 12.7. The van der Waals surface area contributed by atoms with Crippen LogP contribution in [0.15, 0.2) is 103 Å². The maximum absolute atomic E-state index is 12.7. The van der Waals surface area contributed by atoms with Crippen molar-refractivity contribution in [3.05, 3.63) is 114 Å². The molecule has 0 aliphatic heterocycles. The fourth-order valence-corrected chi connectivity index (χ4v) is 31.7. The second-order valence-electron chi connectivity index (χ2n) is 8.68. The molecule has 1 N–H and O–H groups in total. The second kappa shape index (κ2) is 8.57. The topological polar surface area (TPSA) is 29.1 Å². The van der Waals surface area contributed by atoms with Gasteiger partial charge in [-0.1, -0.05) is 0 Å². The molecule has 6 heteroatoms. The molecule has 0 saturated carbocycles. The molecule has 165 valence electrons. The number of hydrogen-bond acceptors (Lipinski definition) is 1. The van der Waals surface area contributed by atoms with E-state index in [0.29, 0.717) is 0 Å². The van der Waals surface area contributed by atoms with E-state index in [1.165, 1.54) is 23.6 Å². The summed E-state index contributed by atoms with van der Waals surface area (Å²) in [6, 6.07) is 35.2. The summed E-state index contributed by atoms with van der Waals surface area (Å²) < 4.78 is 4.20. The first kappa shape index (κ1) is 22.6. The minimum atomic E-state index is -4.96. The normalized spacial score (nSPS) is 13.6. The predicted octanol–water partition coefficient (Wildman–Crippen LogP) is 4.47. The molecule has 1 aliphatic carbocycles. The Hall–Kier alpha value is -2.14. The van der Waals surface area contributed by atoms with Gasteiger partial charge in [0.15, 0.2) is 0 Å². The quantitative estimate of drug-likeness (QED) is 0.338. The Labute approximate surface area is 204 Å². The number of fused-ring (bicyclic) bond motifs is 3. The van der Waals surface area contributed by atoms with Gasteiger partial charge in [-0.25, -0.2) is 0 Å². The molecule has 5 rings (SSSR count). The number of carbonyl (C=O) groups is 1. The van der Waals surface area contributed by atoms with Crippen molar-refractivity contribution in [1.29, 1.82) is 0 Å². The molecule has 0 saturated heterocycles. The maximum atomic E-state index is 12.7. The fraction of sp³-hybridized carbons (Fsp3) is 0.0741. The van der Waals surface area contributed by atoms with Gasteiger partial charge in [0, 0.05) is 0 Å². The van der Waals surface area contributed by atoms with Crippen molar-refractivity contribution in [3.63, 3.8) is 0 Å². The molecule has 0 atom stereocenters. The van der Waals surface area contributed by atoms with Crippen molar-refractivity contribution in [2.45, 2.75) is 13.3 Å². The molecule has 0 fully saturated rings. The van der Waals surface area contributed by atoms with Gasteiger partial charge >= 0.3 is 205 Å². The molecule has 0 aromatic heterocycles. The second-order valence-corrected chi connectivity index (χ2v) is 33.2. The number of benzene rings is 4. The molecular formula is C27H24Cl2NOSiTi. The molecular weight excluding hydrogens is 501 g/mol. The summed E-state index contributed by atoms with van der Waals surface area (Å²) in [5.74, 6) is -0.186. The molecule has 0 radical (unpaired) electrons. The standard InChI is InChI=1S/C13H9.C12H11Si.C2H5NO.2ClH.Ti/c1-3-7-12-10(5-1)9-11-6-2-4-8-13(11)12;1-3-7-11(8-4-1)13-12-9-5-2-6-10-12;1-2(3)4;;;/h1-5,7-8H,9H2;1-10,13H;1H3,(H2,3,4);2*1H;/q;;;;;+3/p-3. The zero-order chi connectivity index (χ0) is 23.1. The van der Waals surface area contributed by atoms with Gasteiger partial charge in [0.1, 0.15) is 0 Å². The average molecular weight is 525 g/mol. The number of hydrogen-bond donors (Lipinski definition) is 1. The first-order valence-corrected chi connectivity index (χ1v) is 21.3. The van der Waals surface area contributed by atoms with Crippen molar-refractivity contribution in [1.82, 2.24) is 3.80 Å². The van der Waals surface area contributed by atoms with E-state index in [9.17, 15) is 4.79 Å². The van der Waals surface area contributed by atoms with Crippen LogP contribution < -0.4 is 18.0 Å². The summed E-state index contributed by atoms with van der Waals surface area (Å²) in [6.07, 6.45) is 0.769. The van der Waals surface area contributed by atoms with Gasteiger partial charge in [0.05, 0.1) is 0 Å². The third-order valence-corrected chi connectivity index (χ3v) is 30.8. The fourth-order valence-electron chi connectivity index (χ4n) is 5.27. The first-order valence-electron chi connectivity index (χ1n) is 11.0. The SMILES string of the molecule is CC(=O)[NH][Ti]([Cl])([Cl])([c]1cccc2c1Cc1ccccc1-2)[SiH](c1ccccc1)c1ccccc1. The summed E-state index contributed by atoms with van der Waals surface area (Å²) in [5.41, 5.74) is 4.80. The van der Waals surface area contributed by atoms with Crippen LogP contribution in [0.2, 0.25) is 0 Å². The number of halogens is 2. The van der Waals surface area contributed by atoms with Gasteiger partial charge in [-0.2, -0.15) is 0 Å². The number of amides is 1. The van der Waals surface area contributed by atoms with Crippen LogP contribution in [0, 0.1) is 0 Å². The molecule has 2 nitrogen and oxygen atoms in total. The summed E-state index contributed by atoms with van der Waals surface area (Å²) in [5, 5.41) is 2.26. The van der Waals surface area contributed by atoms with Crippen LogP contribution in [0.4, 0.5) is 0 Å². The van der Waals surface area contributed by atoms with Crippen LogP contribution >= 0.6 is 18.6 Å². The van der Waals surface area contributed by atoms with E-state index in [1.807, 2.05) is 42.5 Å². The molecule has 33 heavy (non-hydrogen) atoms. The summed E-state index contributed by atoms with van der Waals surface area (Å²) in [7, 11) is 15.7. The van der Waals surface area contributed by atoms with Gasteiger partial charge in [-0.15, -0.1) is 0 Å². The van der Waals surface area contributed by atoms with Crippen molar-refractivity contribution in [3.8, 4) is 11.1 Å². The van der Waals surface area contributed by atoms with Crippen molar-refractivity contribution in [2.24, 2.45) is 0 Å². The van der Waals surface area contributed by atoms with Gasteiger partial charge in [-0.3, -0.25) is 0 Å². The van der Waals surface area contributed by atoms with Crippen molar-refractivity contribution in [2.75, 3.05) is 0 Å². The van der Waals surface area contributed by atoms with Crippen LogP contribution in [0.1, 0.15) is 18.1 Å². The third-order valence-electron chi connectivity index (χ3n) is 6.52. The molecule has 1 amide bonds. The molecule has 4 aromatic rings. The van der Waals surface area contributed by atoms with E-state index < -0.39 is 19.4 Å². The van der Waals surface area contributed by atoms with E-state index in [-0.39, 0.29) is 5.91 Å². The van der Waals surface area contributed by atoms with Gasteiger partial charge in [0.25, 0.3) is 0 Å². The number of carbonyl (C=O) groups excluding carboxylic acids is 1. The third kappa shape index (κ3) is 3.92. The van der Waals surface area contributed by atoms with Crippen LogP contribution in [0.25, 0.3) is 11.1 Å². The molecule has 0 heterocycles. The van der Waals surface area contributed by atoms with Crippen LogP contribution in [-0.2, 0) is 23.9 Å². The predicted molar refractivity (Wildman–Crippen MR) is 139 cm³/mol. The van der Waals surface area contributed by atoms with E-state index in [0.717, 1.165) is 26.2 Å². The zero-order valence-corrected chi connectivity index (χ0v) is 22.5. The van der Waals surface area contributed by atoms with Gasteiger partial charge in [-0.05, 0) is 0 Å². The van der Waals surface area contributed by atoms with E-state index in [1.54, 1.807) is 0 Å².